The second-order valence-corrected chi connectivity index (χ2v) is 9.74. The zero-order valence-electron chi connectivity index (χ0n) is 16.3. The van der Waals surface area contributed by atoms with Gasteiger partial charge >= 0.3 is 5.69 Å². The lowest BCUT2D eigenvalue weighted by Crippen LogP contribution is -2.17. The van der Waals surface area contributed by atoms with Crippen LogP contribution >= 0.6 is 0 Å². The third kappa shape index (κ3) is 3.57. The molecule has 1 aromatic heterocycles. The number of rotatable bonds is 4. The molecule has 0 amide bonds. The number of aromatic nitrogens is 2. The van der Waals surface area contributed by atoms with E-state index in [1.54, 1.807) is 12.1 Å². The number of fused-ring (bicyclic) bond motifs is 1. The van der Waals surface area contributed by atoms with Crippen molar-refractivity contribution in [2.45, 2.75) is 31.1 Å². The van der Waals surface area contributed by atoms with E-state index in [1.165, 1.54) is 18.2 Å². The Balaban J connectivity index is 2.10. The van der Waals surface area contributed by atoms with Gasteiger partial charge in [0.25, 0.3) is 0 Å². The largest absolute Gasteiger partial charge is 0.350 e. The number of sulfone groups is 1. The van der Waals surface area contributed by atoms with Crippen LogP contribution < -0.4 is 5.32 Å². The fraction of sp³-hybridized carbons (Fsp3) is 0.316. The number of para-hydroxylation sites is 1. The SMILES string of the molecule is Cn1c(C(C)(C)C)nc2cc(Nc3cccc(S(C)(=O)=O)c3[N+](=O)[O-])ccc21. The second-order valence-electron chi connectivity index (χ2n) is 7.75. The number of nitrogens with zero attached hydrogens (tertiary/aromatic N) is 3. The summed E-state index contributed by atoms with van der Waals surface area (Å²) in [6.45, 7) is 6.23. The van der Waals surface area contributed by atoms with E-state index in [4.69, 9.17) is 4.98 Å². The number of aryl methyl sites for hydroxylation is 1. The Morgan fingerprint density at radius 1 is 1.18 bits per heavy atom. The van der Waals surface area contributed by atoms with Crippen LogP contribution in [0, 0.1) is 10.1 Å². The lowest BCUT2D eigenvalue weighted by atomic mass is 9.96. The first-order valence-corrected chi connectivity index (χ1v) is 10.5. The van der Waals surface area contributed by atoms with Crippen molar-refractivity contribution in [1.29, 1.82) is 0 Å². The predicted molar refractivity (Wildman–Crippen MR) is 109 cm³/mol. The number of nitro groups is 1. The topological polar surface area (TPSA) is 107 Å². The summed E-state index contributed by atoms with van der Waals surface area (Å²) >= 11 is 0. The molecule has 0 radical (unpaired) electrons. The quantitative estimate of drug-likeness (QED) is 0.523. The number of benzene rings is 2. The number of hydrogen-bond donors (Lipinski definition) is 1. The fourth-order valence-electron chi connectivity index (χ4n) is 3.21. The number of nitrogens with one attached hydrogen (secondary N) is 1. The zero-order valence-corrected chi connectivity index (χ0v) is 17.2. The van der Waals surface area contributed by atoms with E-state index in [0.29, 0.717) is 5.69 Å². The van der Waals surface area contributed by atoms with E-state index in [2.05, 4.69) is 26.1 Å². The van der Waals surface area contributed by atoms with Gasteiger partial charge in [0.15, 0.2) is 9.84 Å². The molecule has 1 heterocycles. The highest BCUT2D eigenvalue weighted by Crippen LogP contribution is 2.35. The van der Waals surface area contributed by atoms with Gasteiger partial charge in [0.2, 0.25) is 0 Å². The predicted octanol–water partition coefficient (Wildman–Crippen LogP) is 3.93. The van der Waals surface area contributed by atoms with Gasteiger partial charge in [-0.05, 0) is 30.3 Å². The first-order valence-electron chi connectivity index (χ1n) is 8.61. The molecule has 1 N–H and O–H groups in total. The number of anilines is 2. The molecule has 0 fully saturated rings. The van der Waals surface area contributed by atoms with Crippen LogP contribution in [-0.2, 0) is 22.3 Å². The first-order chi connectivity index (χ1) is 12.9. The van der Waals surface area contributed by atoms with Gasteiger partial charge in [-0.1, -0.05) is 26.8 Å². The Bertz CT molecular complexity index is 1190. The van der Waals surface area contributed by atoms with Crippen LogP contribution in [0.1, 0.15) is 26.6 Å². The summed E-state index contributed by atoms with van der Waals surface area (Å²) in [5.74, 6) is 0.921. The summed E-state index contributed by atoms with van der Waals surface area (Å²) in [6.07, 6.45) is 0.951. The number of imidazole rings is 1. The Morgan fingerprint density at radius 3 is 2.43 bits per heavy atom. The molecule has 0 aliphatic carbocycles. The van der Waals surface area contributed by atoms with Gasteiger partial charge < -0.3 is 9.88 Å². The minimum absolute atomic E-state index is 0.110. The van der Waals surface area contributed by atoms with Crippen molar-refractivity contribution in [1.82, 2.24) is 9.55 Å². The van der Waals surface area contributed by atoms with Crippen LogP contribution in [0.5, 0.6) is 0 Å². The maximum Gasteiger partial charge on any atom is 0.311 e. The van der Waals surface area contributed by atoms with Gasteiger partial charge in [-0.3, -0.25) is 10.1 Å². The molecule has 0 aliphatic rings. The molecule has 3 rings (SSSR count). The highest BCUT2D eigenvalue weighted by atomic mass is 32.2. The summed E-state index contributed by atoms with van der Waals surface area (Å²) in [5.41, 5.74) is 1.78. The van der Waals surface area contributed by atoms with E-state index in [1.807, 2.05) is 17.7 Å². The highest BCUT2D eigenvalue weighted by Gasteiger charge is 2.26. The van der Waals surface area contributed by atoms with Crippen LogP contribution in [0.15, 0.2) is 41.3 Å². The van der Waals surface area contributed by atoms with Crippen LogP contribution in [0.2, 0.25) is 0 Å². The van der Waals surface area contributed by atoms with Crippen molar-refractivity contribution in [3.05, 3.63) is 52.3 Å². The summed E-state index contributed by atoms with van der Waals surface area (Å²) in [6, 6.07) is 9.65. The molecule has 0 atom stereocenters. The lowest BCUT2D eigenvalue weighted by Gasteiger charge is -2.17. The van der Waals surface area contributed by atoms with Crippen molar-refractivity contribution < 1.29 is 13.3 Å². The average molecular weight is 402 g/mol. The van der Waals surface area contributed by atoms with E-state index in [-0.39, 0.29) is 16.0 Å². The fourth-order valence-corrected chi connectivity index (χ4v) is 4.08. The first kappa shape index (κ1) is 19.8. The maximum absolute atomic E-state index is 11.9. The molecule has 8 nitrogen and oxygen atoms in total. The van der Waals surface area contributed by atoms with Crippen LogP contribution in [-0.4, -0.2) is 29.1 Å². The van der Waals surface area contributed by atoms with Crippen molar-refractivity contribution in [3.63, 3.8) is 0 Å². The van der Waals surface area contributed by atoms with E-state index >= 15 is 0 Å². The number of nitro benzene ring substituents is 1. The molecule has 148 valence electrons. The standard InChI is InChI=1S/C19H22N4O4S/c1-19(2,3)18-21-14-11-12(9-10-15(14)22(18)4)20-13-7-6-8-16(28(5,26)27)17(13)23(24)25/h6-11,20H,1-5H3. The van der Waals surface area contributed by atoms with Crippen LogP contribution in [0.25, 0.3) is 11.0 Å². The Labute approximate surface area is 163 Å². The molecule has 3 aromatic rings. The molecule has 0 unspecified atom stereocenters. The molecule has 0 spiro atoms. The lowest BCUT2D eigenvalue weighted by molar-refractivity contribution is -0.386. The molecule has 2 aromatic carbocycles. The molecule has 9 heteroatoms. The van der Waals surface area contributed by atoms with Gasteiger partial charge in [0.05, 0.1) is 16.0 Å². The number of hydrogen-bond acceptors (Lipinski definition) is 6. The van der Waals surface area contributed by atoms with Crippen molar-refractivity contribution in [2.24, 2.45) is 7.05 Å². The van der Waals surface area contributed by atoms with Crippen LogP contribution in [0.3, 0.4) is 0 Å². The summed E-state index contributed by atoms with van der Waals surface area (Å²) in [4.78, 5) is 15.2. The Hall–Kier alpha value is -2.94. The van der Waals surface area contributed by atoms with Crippen LogP contribution in [0.4, 0.5) is 17.1 Å². The Morgan fingerprint density at radius 2 is 1.86 bits per heavy atom. The summed E-state index contributed by atoms with van der Waals surface area (Å²) in [5, 5.41) is 14.5. The van der Waals surface area contributed by atoms with Gasteiger partial charge in [-0.25, -0.2) is 13.4 Å². The average Bonchev–Trinajstić information content (AvgIpc) is 2.90. The monoisotopic (exact) mass is 402 g/mol. The normalized spacial score (nSPS) is 12.3. The molecular formula is C19H22N4O4S. The molecule has 0 saturated heterocycles. The zero-order chi connectivity index (χ0) is 20.9. The molecule has 28 heavy (non-hydrogen) atoms. The van der Waals surface area contributed by atoms with Crippen molar-refractivity contribution >= 4 is 37.9 Å². The summed E-state index contributed by atoms with van der Waals surface area (Å²) < 4.78 is 25.9. The van der Waals surface area contributed by atoms with E-state index < -0.39 is 20.4 Å². The van der Waals surface area contributed by atoms with Gasteiger partial charge in [0.1, 0.15) is 16.4 Å². The third-order valence-electron chi connectivity index (χ3n) is 4.41. The molecular weight excluding hydrogens is 380 g/mol. The highest BCUT2D eigenvalue weighted by molar-refractivity contribution is 7.90. The molecule has 0 aliphatic heterocycles. The van der Waals surface area contributed by atoms with E-state index in [0.717, 1.165) is 23.1 Å². The van der Waals surface area contributed by atoms with Crippen molar-refractivity contribution in [3.8, 4) is 0 Å². The minimum atomic E-state index is -3.74. The van der Waals surface area contributed by atoms with Gasteiger partial charge in [-0.15, -0.1) is 0 Å². The van der Waals surface area contributed by atoms with Crippen molar-refractivity contribution in [2.75, 3.05) is 11.6 Å². The third-order valence-corrected chi connectivity index (χ3v) is 5.54. The Kier molecular flexibility index (Phi) is 4.66. The second kappa shape index (κ2) is 6.59. The molecule has 0 bridgehead atoms. The van der Waals surface area contributed by atoms with Gasteiger partial charge in [-0.2, -0.15) is 0 Å². The molecule has 0 saturated carbocycles. The minimum Gasteiger partial charge on any atom is -0.350 e. The maximum atomic E-state index is 11.9. The summed E-state index contributed by atoms with van der Waals surface area (Å²) in [7, 11) is -1.80. The van der Waals surface area contributed by atoms with Gasteiger partial charge in [0, 0.05) is 24.4 Å². The smallest absolute Gasteiger partial charge is 0.311 e. The van der Waals surface area contributed by atoms with E-state index in [9.17, 15) is 18.5 Å².